The molecule has 1 amide bonds. The van der Waals surface area contributed by atoms with Crippen LogP contribution in [0.3, 0.4) is 0 Å². The Morgan fingerprint density at radius 1 is 1.12 bits per heavy atom. The summed E-state index contributed by atoms with van der Waals surface area (Å²) in [5.74, 6) is 0.273. The lowest BCUT2D eigenvalue weighted by Gasteiger charge is -2.22. The van der Waals surface area contributed by atoms with E-state index in [0.717, 1.165) is 11.3 Å². The van der Waals surface area contributed by atoms with Gasteiger partial charge in [-0.05, 0) is 24.3 Å². The van der Waals surface area contributed by atoms with E-state index in [1.165, 1.54) is 0 Å². The maximum Gasteiger partial charge on any atom is 0.252 e. The predicted molar refractivity (Wildman–Crippen MR) is 104 cm³/mol. The van der Waals surface area contributed by atoms with Gasteiger partial charge in [-0.1, -0.05) is 61.3 Å². The number of hydrogen-bond acceptors (Lipinski definition) is 3. The average molecular weight is 389 g/mol. The Morgan fingerprint density at radius 2 is 1.85 bits per heavy atom. The summed E-state index contributed by atoms with van der Waals surface area (Å²) >= 11 is 12.1. The summed E-state index contributed by atoms with van der Waals surface area (Å²) in [5, 5.41) is 3.49. The monoisotopic (exact) mass is 388 g/mol. The zero-order valence-corrected chi connectivity index (χ0v) is 15.9. The maximum atomic E-state index is 12.4. The van der Waals surface area contributed by atoms with Crippen molar-refractivity contribution >= 4 is 29.1 Å². The van der Waals surface area contributed by atoms with Crippen LogP contribution >= 0.6 is 23.2 Å². The quantitative estimate of drug-likeness (QED) is 0.640. The molecule has 1 heterocycles. The number of nitrogens with zero attached hydrogens (tertiary/aromatic N) is 1. The Labute approximate surface area is 162 Å². The number of rotatable bonds is 5. The molecule has 4 nitrogen and oxygen atoms in total. The van der Waals surface area contributed by atoms with Crippen molar-refractivity contribution in [3.63, 3.8) is 0 Å². The zero-order chi connectivity index (χ0) is 18.7. The van der Waals surface area contributed by atoms with Crippen LogP contribution in [0.1, 0.15) is 29.9 Å². The fraction of sp³-hybridized carbons (Fsp3) is 0.200. The van der Waals surface area contributed by atoms with E-state index in [-0.39, 0.29) is 10.9 Å². The van der Waals surface area contributed by atoms with Crippen LogP contribution in [0.5, 0.6) is 0 Å². The fourth-order valence-corrected chi connectivity index (χ4v) is 2.85. The Bertz CT molecular complexity index is 921. The van der Waals surface area contributed by atoms with Crippen molar-refractivity contribution in [2.24, 2.45) is 0 Å². The molecule has 0 radical (unpaired) electrons. The van der Waals surface area contributed by atoms with Gasteiger partial charge in [0.2, 0.25) is 5.89 Å². The van der Waals surface area contributed by atoms with Crippen molar-refractivity contribution < 1.29 is 9.21 Å². The molecule has 26 heavy (non-hydrogen) atoms. The SMILES string of the molecule is CC(C)(CNC(=O)c1cccc(Cl)c1Cl)c1coc(-c2ccccc2)n1. The minimum Gasteiger partial charge on any atom is -0.444 e. The Morgan fingerprint density at radius 3 is 2.58 bits per heavy atom. The van der Waals surface area contributed by atoms with Crippen LogP contribution in [0.25, 0.3) is 11.5 Å². The van der Waals surface area contributed by atoms with Crippen LogP contribution in [0.4, 0.5) is 0 Å². The van der Waals surface area contributed by atoms with Crippen LogP contribution < -0.4 is 5.32 Å². The fourth-order valence-electron chi connectivity index (χ4n) is 2.46. The second kappa shape index (κ2) is 7.52. The van der Waals surface area contributed by atoms with Crippen LogP contribution in [-0.2, 0) is 5.41 Å². The van der Waals surface area contributed by atoms with Crippen LogP contribution in [-0.4, -0.2) is 17.4 Å². The van der Waals surface area contributed by atoms with Gasteiger partial charge in [-0.15, -0.1) is 0 Å². The summed E-state index contributed by atoms with van der Waals surface area (Å²) in [7, 11) is 0. The minimum absolute atomic E-state index is 0.247. The molecule has 0 fully saturated rings. The predicted octanol–water partition coefficient (Wildman–Crippen LogP) is 5.36. The minimum atomic E-state index is -0.419. The summed E-state index contributed by atoms with van der Waals surface area (Å²) < 4.78 is 5.60. The van der Waals surface area contributed by atoms with E-state index in [2.05, 4.69) is 10.3 Å². The second-order valence-corrected chi connectivity index (χ2v) is 7.36. The van der Waals surface area contributed by atoms with Gasteiger partial charge in [0.25, 0.3) is 5.91 Å². The third-order valence-corrected chi connectivity index (χ3v) is 4.92. The van der Waals surface area contributed by atoms with Gasteiger partial charge in [0, 0.05) is 17.5 Å². The molecule has 0 bridgehead atoms. The molecule has 0 aliphatic heterocycles. The van der Waals surface area contributed by atoms with Gasteiger partial charge in [0.05, 0.1) is 21.3 Å². The van der Waals surface area contributed by atoms with E-state index in [9.17, 15) is 4.79 Å². The molecule has 1 aromatic heterocycles. The van der Waals surface area contributed by atoms with Crippen LogP contribution in [0.2, 0.25) is 10.0 Å². The maximum absolute atomic E-state index is 12.4. The Balaban J connectivity index is 1.72. The number of carbonyl (C=O) groups excluding carboxylic acids is 1. The van der Waals surface area contributed by atoms with Crippen molar-refractivity contribution in [1.82, 2.24) is 10.3 Å². The summed E-state index contributed by atoms with van der Waals surface area (Å²) in [6, 6.07) is 14.6. The smallest absolute Gasteiger partial charge is 0.252 e. The lowest BCUT2D eigenvalue weighted by Crippen LogP contribution is -2.37. The largest absolute Gasteiger partial charge is 0.444 e. The first kappa shape index (κ1) is 18.5. The van der Waals surface area contributed by atoms with E-state index in [1.54, 1.807) is 24.5 Å². The topological polar surface area (TPSA) is 55.1 Å². The summed E-state index contributed by atoms with van der Waals surface area (Å²) in [6.07, 6.45) is 1.63. The number of carbonyl (C=O) groups is 1. The molecule has 0 saturated heterocycles. The molecule has 0 unspecified atom stereocenters. The first-order chi connectivity index (χ1) is 12.4. The molecule has 0 atom stereocenters. The van der Waals surface area contributed by atoms with E-state index in [0.29, 0.717) is 23.0 Å². The molecule has 6 heteroatoms. The number of halogens is 2. The van der Waals surface area contributed by atoms with Crippen molar-refractivity contribution in [2.75, 3.05) is 6.54 Å². The molecule has 134 valence electrons. The number of oxazole rings is 1. The first-order valence-electron chi connectivity index (χ1n) is 8.12. The molecule has 2 aromatic carbocycles. The highest BCUT2D eigenvalue weighted by Crippen LogP contribution is 2.27. The average Bonchev–Trinajstić information content (AvgIpc) is 3.14. The molecule has 0 aliphatic rings. The third kappa shape index (κ3) is 3.92. The highest BCUT2D eigenvalue weighted by atomic mass is 35.5. The highest BCUT2D eigenvalue weighted by Gasteiger charge is 2.26. The lowest BCUT2D eigenvalue weighted by atomic mass is 9.90. The number of aromatic nitrogens is 1. The van der Waals surface area contributed by atoms with E-state index in [1.807, 2.05) is 44.2 Å². The van der Waals surface area contributed by atoms with Crippen molar-refractivity contribution in [3.8, 4) is 11.5 Å². The molecule has 3 rings (SSSR count). The number of benzene rings is 2. The van der Waals surface area contributed by atoms with Gasteiger partial charge in [0.15, 0.2) is 0 Å². The molecular weight excluding hydrogens is 371 g/mol. The number of hydrogen-bond donors (Lipinski definition) is 1. The van der Waals surface area contributed by atoms with Crippen LogP contribution in [0, 0.1) is 0 Å². The Kier molecular flexibility index (Phi) is 5.35. The standard InChI is InChI=1S/C20H18Cl2N2O2/c1-20(2,12-23-18(25)14-9-6-10-15(21)17(14)22)16-11-26-19(24-16)13-7-4-3-5-8-13/h3-11H,12H2,1-2H3,(H,23,25). The molecule has 0 saturated carbocycles. The molecule has 0 spiro atoms. The molecular formula is C20H18Cl2N2O2. The molecule has 1 N–H and O–H groups in total. The van der Waals surface area contributed by atoms with Gasteiger partial charge in [0.1, 0.15) is 6.26 Å². The highest BCUT2D eigenvalue weighted by molar-refractivity contribution is 6.43. The van der Waals surface area contributed by atoms with E-state index in [4.69, 9.17) is 27.6 Å². The van der Waals surface area contributed by atoms with E-state index < -0.39 is 5.41 Å². The lowest BCUT2D eigenvalue weighted by molar-refractivity contribution is 0.0945. The van der Waals surface area contributed by atoms with E-state index >= 15 is 0 Å². The van der Waals surface area contributed by atoms with Crippen molar-refractivity contribution in [3.05, 3.63) is 76.1 Å². The van der Waals surface area contributed by atoms with Crippen molar-refractivity contribution in [1.29, 1.82) is 0 Å². The van der Waals surface area contributed by atoms with Gasteiger partial charge < -0.3 is 9.73 Å². The van der Waals surface area contributed by atoms with Gasteiger partial charge >= 0.3 is 0 Å². The second-order valence-electron chi connectivity index (χ2n) is 6.57. The first-order valence-corrected chi connectivity index (χ1v) is 8.88. The molecule has 3 aromatic rings. The normalized spacial score (nSPS) is 11.4. The van der Waals surface area contributed by atoms with Crippen LogP contribution in [0.15, 0.2) is 59.2 Å². The van der Waals surface area contributed by atoms with Gasteiger partial charge in [-0.2, -0.15) is 0 Å². The summed E-state index contributed by atoms with van der Waals surface area (Å²) in [4.78, 5) is 17.0. The zero-order valence-electron chi connectivity index (χ0n) is 14.4. The molecule has 0 aliphatic carbocycles. The summed E-state index contributed by atoms with van der Waals surface area (Å²) in [5.41, 5.74) is 1.59. The Hall–Kier alpha value is -2.30. The van der Waals surface area contributed by atoms with Crippen molar-refractivity contribution in [2.45, 2.75) is 19.3 Å². The van der Waals surface area contributed by atoms with Gasteiger partial charge in [-0.3, -0.25) is 4.79 Å². The number of nitrogens with one attached hydrogen (secondary N) is 1. The third-order valence-electron chi connectivity index (χ3n) is 4.11. The van der Waals surface area contributed by atoms with Gasteiger partial charge in [-0.25, -0.2) is 4.98 Å². The summed E-state index contributed by atoms with van der Waals surface area (Å²) in [6.45, 7) is 4.34. The number of amides is 1.